The number of hydrogen-bond acceptors (Lipinski definition) is 8. The van der Waals surface area contributed by atoms with Crippen LogP contribution < -0.4 is 10.2 Å². The lowest BCUT2D eigenvalue weighted by Crippen LogP contribution is -2.48. The van der Waals surface area contributed by atoms with E-state index in [1.54, 1.807) is 30.1 Å². The molecule has 0 saturated heterocycles. The van der Waals surface area contributed by atoms with E-state index in [1.165, 1.54) is 0 Å². The summed E-state index contributed by atoms with van der Waals surface area (Å²) in [7, 11) is 5.69. The molecule has 0 aliphatic carbocycles. The van der Waals surface area contributed by atoms with Crippen molar-refractivity contribution in [3.63, 3.8) is 0 Å². The Morgan fingerprint density at radius 2 is 2.19 bits per heavy atom. The van der Waals surface area contributed by atoms with E-state index in [1.807, 2.05) is 32.8 Å². The molecule has 1 N–H and O–H groups in total. The fourth-order valence-corrected chi connectivity index (χ4v) is 3.42. The number of carbonyl (C=O) groups is 1. The van der Waals surface area contributed by atoms with Gasteiger partial charge in [0.1, 0.15) is 5.54 Å². The van der Waals surface area contributed by atoms with Crippen molar-refractivity contribution in [3.05, 3.63) is 0 Å². The van der Waals surface area contributed by atoms with Crippen molar-refractivity contribution in [1.82, 2.24) is 15.5 Å². The summed E-state index contributed by atoms with van der Waals surface area (Å²) in [6.45, 7) is 4.11. The molecule has 120 valence electrons. The molecule has 0 spiro atoms. The molecule has 0 aliphatic rings. The van der Waals surface area contributed by atoms with E-state index in [0.29, 0.717) is 6.61 Å². The van der Waals surface area contributed by atoms with Gasteiger partial charge < -0.3 is 15.0 Å². The van der Waals surface area contributed by atoms with Crippen LogP contribution in [0.3, 0.4) is 0 Å². The Morgan fingerprint density at radius 3 is 2.71 bits per heavy atom. The molecular weight excluding hydrogens is 308 g/mol. The molecular formula is C13H24N4O2S2. The van der Waals surface area contributed by atoms with Crippen molar-refractivity contribution in [3.8, 4) is 0 Å². The summed E-state index contributed by atoms with van der Waals surface area (Å²) in [6.07, 6.45) is 1.63. The quantitative estimate of drug-likeness (QED) is 0.421. The maximum atomic E-state index is 11.9. The summed E-state index contributed by atoms with van der Waals surface area (Å²) in [5.74, 6) is 0.710. The third-order valence-corrected chi connectivity index (χ3v) is 5.41. The molecule has 0 radical (unpaired) electrons. The fourth-order valence-electron chi connectivity index (χ4n) is 1.65. The molecule has 21 heavy (non-hydrogen) atoms. The first-order chi connectivity index (χ1) is 9.92. The van der Waals surface area contributed by atoms with Gasteiger partial charge in [-0.15, -0.1) is 10.2 Å². The van der Waals surface area contributed by atoms with Gasteiger partial charge in [-0.05, 0) is 33.7 Å². The number of esters is 1. The van der Waals surface area contributed by atoms with Gasteiger partial charge in [0.15, 0.2) is 4.34 Å². The molecule has 8 heteroatoms. The van der Waals surface area contributed by atoms with Gasteiger partial charge in [-0.25, -0.2) is 0 Å². The van der Waals surface area contributed by atoms with Crippen LogP contribution in [0.1, 0.15) is 26.7 Å². The van der Waals surface area contributed by atoms with Gasteiger partial charge in [-0.2, -0.15) is 0 Å². The molecule has 1 atom stereocenters. The normalized spacial score (nSPS) is 13.8. The highest BCUT2D eigenvalue weighted by Crippen LogP contribution is 2.28. The number of anilines is 1. The van der Waals surface area contributed by atoms with Gasteiger partial charge in [0, 0.05) is 19.8 Å². The zero-order valence-corrected chi connectivity index (χ0v) is 14.9. The number of hydrogen-bond donors (Lipinski definition) is 1. The van der Waals surface area contributed by atoms with Gasteiger partial charge in [-0.1, -0.05) is 23.1 Å². The third kappa shape index (κ3) is 5.44. The molecule has 1 unspecified atom stereocenters. The highest BCUT2D eigenvalue weighted by molar-refractivity contribution is 8.01. The molecule has 0 fully saturated rings. The summed E-state index contributed by atoms with van der Waals surface area (Å²) < 4.78 is 6.07. The van der Waals surface area contributed by atoms with Crippen LogP contribution in [0.25, 0.3) is 0 Å². The Labute approximate surface area is 134 Å². The van der Waals surface area contributed by atoms with Crippen molar-refractivity contribution in [1.29, 1.82) is 0 Å². The number of nitrogens with one attached hydrogen (secondary N) is 1. The van der Waals surface area contributed by atoms with E-state index in [-0.39, 0.29) is 5.97 Å². The smallest absolute Gasteiger partial charge is 0.326 e. The van der Waals surface area contributed by atoms with Crippen LogP contribution in [0.2, 0.25) is 0 Å². The lowest BCUT2D eigenvalue weighted by molar-refractivity contribution is -0.150. The van der Waals surface area contributed by atoms with Gasteiger partial charge in [0.05, 0.1) is 6.61 Å². The third-order valence-electron chi connectivity index (χ3n) is 3.10. The average molecular weight is 332 g/mol. The van der Waals surface area contributed by atoms with Crippen LogP contribution in [0.5, 0.6) is 0 Å². The number of rotatable bonds is 9. The molecule has 0 aliphatic heterocycles. The summed E-state index contributed by atoms with van der Waals surface area (Å²) in [5, 5.41) is 12.2. The van der Waals surface area contributed by atoms with Crippen LogP contribution in [0.4, 0.5) is 5.13 Å². The van der Waals surface area contributed by atoms with Gasteiger partial charge in [-0.3, -0.25) is 4.79 Å². The van der Waals surface area contributed by atoms with Gasteiger partial charge in [0.25, 0.3) is 0 Å². The topological polar surface area (TPSA) is 67.3 Å². The minimum atomic E-state index is -0.619. The molecule has 1 heterocycles. The van der Waals surface area contributed by atoms with Crippen molar-refractivity contribution >= 4 is 34.2 Å². The summed E-state index contributed by atoms with van der Waals surface area (Å²) in [4.78, 5) is 13.9. The standard InChI is InChI=1S/C13H24N4O2S2/c1-6-19-10(18)13(2,14-3)8-7-9-20-12-16-15-11(21-12)17(4)5/h14H,6-9H2,1-5H3. The second-order valence-corrected chi connectivity index (χ2v) is 7.30. The Balaban J connectivity index is 2.39. The maximum Gasteiger partial charge on any atom is 0.326 e. The second kappa shape index (κ2) is 8.55. The fraction of sp³-hybridized carbons (Fsp3) is 0.769. The average Bonchev–Trinajstić information content (AvgIpc) is 2.92. The SMILES string of the molecule is CCOC(=O)C(C)(CCCSc1nnc(N(C)C)s1)NC. The Hall–Kier alpha value is -0.860. The van der Waals surface area contributed by atoms with E-state index in [4.69, 9.17) is 4.74 Å². The molecule has 0 bridgehead atoms. The Bertz CT molecular complexity index is 453. The minimum Gasteiger partial charge on any atom is -0.465 e. The van der Waals surface area contributed by atoms with Crippen LogP contribution in [-0.4, -0.2) is 55.2 Å². The first kappa shape index (κ1) is 18.2. The van der Waals surface area contributed by atoms with Crippen LogP contribution in [-0.2, 0) is 9.53 Å². The molecule has 1 aromatic rings. The summed E-state index contributed by atoms with van der Waals surface area (Å²) in [6, 6.07) is 0. The Kier molecular flexibility index (Phi) is 7.41. The van der Waals surface area contributed by atoms with Gasteiger partial charge >= 0.3 is 5.97 Å². The molecule has 1 rings (SSSR count). The largest absolute Gasteiger partial charge is 0.465 e. The summed E-state index contributed by atoms with van der Waals surface area (Å²) in [5.41, 5.74) is -0.619. The molecule has 6 nitrogen and oxygen atoms in total. The second-order valence-electron chi connectivity index (χ2n) is 5.00. The Morgan fingerprint density at radius 1 is 1.48 bits per heavy atom. The zero-order valence-electron chi connectivity index (χ0n) is 13.3. The first-order valence-electron chi connectivity index (χ1n) is 6.92. The van der Waals surface area contributed by atoms with Gasteiger partial charge in [0.2, 0.25) is 5.13 Å². The molecule has 0 saturated carbocycles. The lowest BCUT2D eigenvalue weighted by atomic mass is 9.97. The number of carbonyl (C=O) groups excluding carboxylic acids is 1. The van der Waals surface area contributed by atoms with E-state index >= 15 is 0 Å². The molecule has 1 aromatic heterocycles. The summed E-state index contributed by atoms with van der Waals surface area (Å²) >= 11 is 3.25. The van der Waals surface area contributed by atoms with Crippen LogP contribution >= 0.6 is 23.1 Å². The highest BCUT2D eigenvalue weighted by atomic mass is 32.2. The number of likely N-dealkylation sites (N-methyl/N-ethyl adjacent to an activating group) is 1. The highest BCUT2D eigenvalue weighted by Gasteiger charge is 2.32. The van der Waals surface area contributed by atoms with E-state index < -0.39 is 5.54 Å². The van der Waals surface area contributed by atoms with Crippen molar-refractivity contribution in [2.24, 2.45) is 0 Å². The number of nitrogens with zero attached hydrogens (tertiary/aromatic N) is 3. The minimum absolute atomic E-state index is 0.191. The van der Waals surface area contributed by atoms with Crippen molar-refractivity contribution in [2.45, 2.75) is 36.6 Å². The number of thioether (sulfide) groups is 1. The predicted octanol–water partition coefficient (Wildman–Crippen LogP) is 2.02. The van der Waals surface area contributed by atoms with Crippen LogP contribution in [0.15, 0.2) is 4.34 Å². The van der Waals surface area contributed by atoms with Crippen LogP contribution in [0, 0.1) is 0 Å². The number of ether oxygens (including phenoxy) is 1. The van der Waals surface area contributed by atoms with Crippen molar-refractivity contribution in [2.75, 3.05) is 38.4 Å². The maximum absolute atomic E-state index is 11.9. The predicted molar refractivity (Wildman–Crippen MR) is 88.3 cm³/mol. The molecule has 0 amide bonds. The first-order valence-corrected chi connectivity index (χ1v) is 8.73. The lowest BCUT2D eigenvalue weighted by Gasteiger charge is -2.26. The monoisotopic (exact) mass is 332 g/mol. The van der Waals surface area contributed by atoms with E-state index in [2.05, 4.69) is 15.5 Å². The van der Waals surface area contributed by atoms with E-state index in [9.17, 15) is 4.79 Å². The van der Waals surface area contributed by atoms with E-state index in [0.717, 1.165) is 28.1 Å². The zero-order chi connectivity index (χ0) is 15.9. The molecule has 0 aromatic carbocycles. The number of aromatic nitrogens is 2. The van der Waals surface area contributed by atoms with Crippen molar-refractivity contribution < 1.29 is 9.53 Å².